The number of thioether (sulfide) groups is 1. The van der Waals surface area contributed by atoms with Crippen LogP contribution in [0.25, 0.3) is 0 Å². The molecule has 3 aromatic rings. The van der Waals surface area contributed by atoms with E-state index in [1.807, 2.05) is 36.0 Å². The van der Waals surface area contributed by atoms with Gasteiger partial charge in [-0.25, -0.2) is 4.79 Å². The average molecular weight is 645 g/mol. The van der Waals surface area contributed by atoms with Crippen molar-refractivity contribution in [3.63, 3.8) is 0 Å². The molecule has 45 heavy (non-hydrogen) atoms. The van der Waals surface area contributed by atoms with Gasteiger partial charge >= 0.3 is 5.97 Å². The Bertz CT molecular complexity index is 1260. The van der Waals surface area contributed by atoms with Crippen molar-refractivity contribution < 1.29 is 44.9 Å². The summed E-state index contributed by atoms with van der Waals surface area (Å²) in [4.78, 5) is 13.2. The fraction of sp³-hybridized carbons (Fsp3) is 0.424. The molecular weight excluding hydrogens is 600 g/mol. The summed E-state index contributed by atoms with van der Waals surface area (Å²) in [5, 5.41) is 56.4. The van der Waals surface area contributed by atoms with E-state index in [9.17, 15) is 9.90 Å². The minimum atomic E-state index is -1.55. The van der Waals surface area contributed by atoms with Crippen LogP contribution in [-0.2, 0) is 9.54 Å². The number of aliphatic carboxylic acids is 1. The van der Waals surface area contributed by atoms with E-state index in [4.69, 9.17) is 35.0 Å². The Balaban J connectivity index is 0.000000360. The van der Waals surface area contributed by atoms with Gasteiger partial charge in [0.25, 0.3) is 0 Å². The van der Waals surface area contributed by atoms with Crippen LogP contribution in [0.1, 0.15) is 18.1 Å². The first-order valence-corrected chi connectivity index (χ1v) is 15.7. The lowest BCUT2D eigenvalue weighted by atomic mass is 9.92. The van der Waals surface area contributed by atoms with E-state index >= 15 is 0 Å². The van der Waals surface area contributed by atoms with Crippen molar-refractivity contribution in [3.05, 3.63) is 90.0 Å². The molecule has 12 heteroatoms. The summed E-state index contributed by atoms with van der Waals surface area (Å²) in [7, 11) is 1.57. The number of nitrogens with zero attached hydrogens (tertiary/aromatic N) is 1. The van der Waals surface area contributed by atoms with Crippen LogP contribution in [0.2, 0.25) is 0 Å². The molecule has 0 fully saturated rings. The lowest BCUT2D eigenvalue weighted by Crippen LogP contribution is -2.48. The number of aliphatic hydroxyl groups excluding tert-OH is 5. The maximum Gasteiger partial charge on any atom is 0.341 e. The highest BCUT2D eigenvalue weighted by Gasteiger charge is 2.31. The zero-order valence-electron chi connectivity index (χ0n) is 25.5. The molecule has 246 valence electrons. The first kappa shape index (κ1) is 36.1. The number of carboxylic acid groups (broad SMARTS) is 1. The smallest absolute Gasteiger partial charge is 0.341 e. The molecule has 4 rings (SSSR count). The van der Waals surface area contributed by atoms with Crippen LogP contribution < -0.4 is 19.7 Å². The predicted molar refractivity (Wildman–Crippen MR) is 174 cm³/mol. The van der Waals surface area contributed by atoms with E-state index < -0.39 is 37.0 Å². The van der Waals surface area contributed by atoms with Crippen molar-refractivity contribution in [1.29, 1.82) is 0 Å². The summed E-state index contributed by atoms with van der Waals surface area (Å²) in [5.74, 6) is 1.01. The lowest BCUT2D eigenvalue weighted by molar-refractivity contribution is -0.139. The number of rotatable bonds is 15. The SMILES string of the molecule is CC(SCCN1CCOc2c(OCC(=O)O)cccc21)(c1ccccc1)c1ccccc1.CNC[C@H](O)[C@@H](O)[C@H](O)[C@H](O)CO. The van der Waals surface area contributed by atoms with E-state index in [1.165, 1.54) is 11.1 Å². The third-order valence-electron chi connectivity index (χ3n) is 7.40. The number of aliphatic hydroxyl groups is 5. The number of benzene rings is 3. The molecule has 0 amide bonds. The number of hydrogen-bond donors (Lipinski definition) is 7. The zero-order chi connectivity index (χ0) is 32.8. The highest BCUT2D eigenvalue weighted by atomic mass is 32.2. The summed E-state index contributed by atoms with van der Waals surface area (Å²) < 4.78 is 11.1. The van der Waals surface area contributed by atoms with Crippen molar-refractivity contribution in [3.8, 4) is 11.5 Å². The molecule has 7 N–H and O–H groups in total. The normalized spacial score (nSPS) is 15.4. The van der Waals surface area contributed by atoms with Crippen LogP contribution in [0.15, 0.2) is 78.9 Å². The molecule has 0 spiro atoms. The first-order valence-electron chi connectivity index (χ1n) is 14.7. The van der Waals surface area contributed by atoms with Gasteiger partial charge in [-0.2, -0.15) is 0 Å². The number of carboxylic acids is 1. The van der Waals surface area contributed by atoms with Crippen LogP contribution >= 0.6 is 11.8 Å². The second-order valence-electron chi connectivity index (χ2n) is 10.6. The summed E-state index contributed by atoms with van der Waals surface area (Å²) >= 11 is 1.93. The summed E-state index contributed by atoms with van der Waals surface area (Å²) in [5.41, 5.74) is 3.51. The predicted octanol–water partition coefficient (Wildman–Crippen LogP) is 1.69. The van der Waals surface area contributed by atoms with Gasteiger partial charge in [-0.1, -0.05) is 66.7 Å². The fourth-order valence-corrected chi connectivity index (χ4v) is 6.19. The minimum absolute atomic E-state index is 0.0936. The van der Waals surface area contributed by atoms with Gasteiger partial charge in [-0.3, -0.25) is 0 Å². The van der Waals surface area contributed by atoms with Crippen molar-refractivity contribution >= 4 is 23.4 Å². The summed E-state index contributed by atoms with van der Waals surface area (Å²) in [6, 6.07) is 26.9. The number of para-hydroxylation sites is 1. The van der Waals surface area contributed by atoms with E-state index in [2.05, 4.69) is 65.7 Å². The summed E-state index contributed by atoms with van der Waals surface area (Å²) in [6.45, 7) is 3.50. The number of likely N-dealkylation sites (N-methyl/N-ethyl adjacent to an activating group) is 1. The van der Waals surface area contributed by atoms with Crippen LogP contribution in [0, 0.1) is 0 Å². The van der Waals surface area contributed by atoms with Crippen molar-refractivity contribution in [1.82, 2.24) is 5.32 Å². The quantitative estimate of drug-likeness (QED) is 0.128. The second kappa shape index (κ2) is 18.0. The van der Waals surface area contributed by atoms with E-state index in [1.54, 1.807) is 13.1 Å². The van der Waals surface area contributed by atoms with E-state index in [0.29, 0.717) is 18.1 Å². The number of ether oxygens (including phenoxy) is 2. The first-order chi connectivity index (χ1) is 21.6. The average Bonchev–Trinajstić information content (AvgIpc) is 3.07. The Morgan fingerprint density at radius 1 is 0.956 bits per heavy atom. The molecule has 1 aliphatic rings. The molecule has 0 bridgehead atoms. The van der Waals surface area contributed by atoms with Crippen molar-refractivity contribution in [2.45, 2.75) is 36.1 Å². The third-order valence-corrected chi connectivity index (χ3v) is 8.83. The fourth-order valence-electron chi connectivity index (χ4n) is 4.86. The largest absolute Gasteiger partial charge is 0.486 e. The number of hydrogen-bond acceptors (Lipinski definition) is 11. The van der Waals surface area contributed by atoms with Gasteiger partial charge in [-0.15, -0.1) is 11.8 Å². The molecule has 1 aliphatic heterocycles. The molecule has 11 nitrogen and oxygen atoms in total. The van der Waals surface area contributed by atoms with Gasteiger partial charge in [-0.05, 0) is 37.2 Å². The van der Waals surface area contributed by atoms with Crippen LogP contribution in [-0.4, -0.2) is 113 Å². The monoisotopic (exact) mass is 644 g/mol. The lowest BCUT2D eigenvalue weighted by Gasteiger charge is -2.34. The van der Waals surface area contributed by atoms with Gasteiger partial charge in [0.15, 0.2) is 18.1 Å². The molecule has 0 radical (unpaired) electrons. The minimum Gasteiger partial charge on any atom is -0.486 e. The Morgan fingerprint density at radius 3 is 2.11 bits per heavy atom. The van der Waals surface area contributed by atoms with Crippen molar-refractivity contribution in [2.75, 3.05) is 57.2 Å². The Kier molecular flexibility index (Phi) is 14.4. The second-order valence-corrected chi connectivity index (χ2v) is 12.1. The number of nitrogens with one attached hydrogen (secondary N) is 1. The van der Waals surface area contributed by atoms with Crippen LogP contribution in [0.3, 0.4) is 0 Å². The van der Waals surface area contributed by atoms with Gasteiger partial charge in [0.05, 0.1) is 29.7 Å². The highest BCUT2D eigenvalue weighted by molar-refractivity contribution is 8.00. The molecule has 0 aliphatic carbocycles. The van der Waals surface area contributed by atoms with E-state index in [0.717, 1.165) is 24.5 Å². The molecule has 0 saturated heterocycles. The van der Waals surface area contributed by atoms with Gasteiger partial charge in [0, 0.05) is 18.8 Å². The summed E-state index contributed by atoms with van der Waals surface area (Å²) in [6.07, 6.45) is -5.65. The highest BCUT2D eigenvalue weighted by Crippen LogP contribution is 2.44. The zero-order valence-corrected chi connectivity index (χ0v) is 26.3. The van der Waals surface area contributed by atoms with Crippen LogP contribution in [0.5, 0.6) is 11.5 Å². The molecule has 1 heterocycles. The Morgan fingerprint density at radius 2 is 1.56 bits per heavy atom. The van der Waals surface area contributed by atoms with Crippen molar-refractivity contribution in [2.24, 2.45) is 0 Å². The maximum absolute atomic E-state index is 10.9. The van der Waals surface area contributed by atoms with Gasteiger partial charge in [0.1, 0.15) is 24.9 Å². The Hall–Kier alpha value is -3.36. The Labute approximate surface area is 268 Å². The van der Waals surface area contributed by atoms with E-state index in [-0.39, 0.29) is 17.9 Å². The standard InChI is InChI=1S/C26H27NO4S.C7H17NO5/c1-26(20-9-4-2-5-10-20,21-11-6-3-7-12-21)32-18-16-27-15-17-30-25-22(27)13-8-14-23(25)31-19-24(28)29;1-8-2-4(10)6(12)7(13)5(11)3-9/h2-14H,15-19H2,1H3,(H,28,29);4-13H,2-3H2,1H3/t;4-,5+,6+,7+/m.0/s1. The molecule has 0 aromatic heterocycles. The van der Waals surface area contributed by atoms with Crippen LogP contribution in [0.4, 0.5) is 5.69 Å². The third kappa shape index (κ3) is 10.1. The number of carbonyl (C=O) groups is 1. The molecule has 0 saturated carbocycles. The molecule has 3 aromatic carbocycles. The topological polar surface area (TPSA) is 172 Å². The molecule has 0 unspecified atom stereocenters. The molecule has 4 atom stereocenters. The molecular formula is C33H44N2O9S. The number of anilines is 1. The maximum atomic E-state index is 10.9. The number of fused-ring (bicyclic) bond motifs is 1. The van der Waals surface area contributed by atoms with Gasteiger partial charge in [0.2, 0.25) is 0 Å². The van der Waals surface area contributed by atoms with Gasteiger partial charge < -0.3 is 50.3 Å².